The lowest BCUT2D eigenvalue weighted by molar-refractivity contribution is 0.515. The predicted octanol–water partition coefficient (Wildman–Crippen LogP) is 3.67. The van der Waals surface area contributed by atoms with Crippen LogP contribution in [0.1, 0.15) is 26.3 Å². The summed E-state index contributed by atoms with van der Waals surface area (Å²) < 4.78 is 0. The molecule has 0 saturated carbocycles. The van der Waals surface area contributed by atoms with E-state index in [0.29, 0.717) is 0 Å². The van der Waals surface area contributed by atoms with E-state index >= 15 is 0 Å². The summed E-state index contributed by atoms with van der Waals surface area (Å²) in [6.45, 7) is 6.59. The maximum absolute atomic E-state index is 5.47. The van der Waals surface area contributed by atoms with Crippen LogP contribution in [-0.4, -0.2) is 0 Å². The van der Waals surface area contributed by atoms with Gasteiger partial charge in [-0.05, 0) is 35.2 Å². The third-order valence-electron chi connectivity index (χ3n) is 2.54. The van der Waals surface area contributed by atoms with Crippen molar-refractivity contribution < 1.29 is 0 Å². The molecule has 1 heteroatoms. The van der Waals surface area contributed by atoms with Crippen LogP contribution in [0.25, 0.3) is 0 Å². The highest BCUT2D eigenvalue weighted by Crippen LogP contribution is 2.26. The number of hydrogen-bond acceptors (Lipinski definition) is 1. The highest BCUT2D eigenvalue weighted by Gasteiger charge is 2.13. The van der Waals surface area contributed by atoms with Gasteiger partial charge in [-0.2, -0.15) is 0 Å². The van der Waals surface area contributed by atoms with E-state index in [1.54, 1.807) is 6.20 Å². The van der Waals surface area contributed by atoms with Crippen molar-refractivity contribution in [1.82, 2.24) is 0 Å². The fraction of sp³-hybridized carbons (Fsp3) is 0.333. The number of allylic oxidation sites excluding steroid dienone is 3. The molecule has 1 aromatic rings. The van der Waals surface area contributed by atoms with Gasteiger partial charge in [0.15, 0.2) is 0 Å². The van der Waals surface area contributed by atoms with Gasteiger partial charge in [-0.15, -0.1) is 0 Å². The Morgan fingerprint density at radius 1 is 1.19 bits per heavy atom. The fourth-order valence-corrected chi connectivity index (χ4v) is 1.57. The van der Waals surface area contributed by atoms with Gasteiger partial charge in [0.25, 0.3) is 0 Å². The molecule has 0 aliphatic rings. The van der Waals surface area contributed by atoms with Gasteiger partial charge < -0.3 is 5.73 Å². The van der Waals surface area contributed by atoms with Gasteiger partial charge in [0.2, 0.25) is 0 Å². The molecule has 1 rings (SSSR count). The van der Waals surface area contributed by atoms with Gasteiger partial charge >= 0.3 is 0 Å². The van der Waals surface area contributed by atoms with E-state index in [1.807, 2.05) is 12.1 Å². The molecule has 0 saturated heterocycles. The van der Waals surface area contributed by atoms with Crippen molar-refractivity contribution in [2.45, 2.75) is 27.2 Å². The maximum atomic E-state index is 5.47. The van der Waals surface area contributed by atoms with Crippen molar-refractivity contribution >= 4 is 0 Å². The van der Waals surface area contributed by atoms with Gasteiger partial charge in [-0.1, -0.05) is 57.2 Å². The summed E-state index contributed by atoms with van der Waals surface area (Å²) in [7, 11) is 0. The van der Waals surface area contributed by atoms with Crippen LogP contribution >= 0.6 is 0 Å². The number of benzene rings is 1. The standard InChI is InChI=1S/C15H21N/c1-15(2,3)14(11-12-16)10-9-13-7-5-4-6-8-13/h4-8,10-12H,9,16H2,1-3H3/b12-11-,14-10+. The lowest BCUT2D eigenvalue weighted by Crippen LogP contribution is -2.08. The van der Waals surface area contributed by atoms with Crippen LogP contribution in [0.15, 0.2) is 54.3 Å². The first-order valence-electron chi connectivity index (χ1n) is 5.67. The summed E-state index contributed by atoms with van der Waals surface area (Å²) in [6.07, 6.45) is 6.81. The monoisotopic (exact) mass is 215 g/mol. The SMILES string of the molecule is CC(C)(C)C(/C=C\N)=C/Cc1ccccc1. The van der Waals surface area contributed by atoms with E-state index in [9.17, 15) is 0 Å². The van der Waals surface area contributed by atoms with Gasteiger partial charge in [0, 0.05) is 0 Å². The number of nitrogens with two attached hydrogens (primary N) is 1. The Hall–Kier alpha value is -1.50. The molecule has 2 N–H and O–H groups in total. The molecular formula is C15H21N. The second-order valence-electron chi connectivity index (χ2n) is 4.96. The van der Waals surface area contributed by atoms with Crippen LogP contribution in [0.5, 0.6) is 0 Å². The molecule has 0 aliphatic carbocycles. The highest BCUT2D eigenvalue weighted by atomic mass is 14.5. The fourth-order valence-electron chi connectivity index (χ4n) is 1.57. The minimum Gasteiger partial charge on any atom is -0.405 e. The second kappa shape index (κ2) is 5.55. The van der Waals surface area contributed by atoms with Crippen LogP contribution in [-0.2, 0) is 6.42 Å². The maximum Gasteiger partial charge on any atom is -0.00595 e. The van der Waals surface area contributed by atoms with Crippen molar-refractivity contribution in [2.75, 3.05) is 0 Å². The Labute approximate surface area is 98.7 Å². The van der Waals surface area contributed by atoms with Crippen LogP contribution in [0.2, 0.25) is 0 Å². The Balaban J connectivity index is 2.81. The van der Waals surface area contributed by atoms with Crippen molar-refractivity contribution in [3.8, 4) is 0 Å². The third kappa shape index (κ3) is 3.93. The van der Waals surface area contributed by atoms with Crippen molar-refractivity contribution in [3.05, 3.63) is 59.8 Å². The van der Waals surface area contributed by atoms with Crippen LogP contribution in [0.3, 0.4) is 0 Å². The summed E-state index contributed by atoms with van der Waals surface area (Å²) in [5.41, 5.74) is 8.22. The molecule has 1 nitrogen and oxygen atoms in total. The average molecular weight is 215 g/mol. The number of hydrogen-bond donors (Lipinski definition) is 1. The van der Waals surface area contributed by atoms with E-state index in [-0.39, 0.29) is 5.41 Å². The Morgan fingerprint density at radius 3 is 2.31 bits per heavy atom. The smallest absolute Gasteiger partial charge is 0.00595 e. The number of rotatable bonds is 3. The molecule has 0 aromatic heterocycles. The van der Waals surface area contributed by atoms with E-state index in [0.717, 1.165) is 6.42 Å². The summed E-state index contributed by atoms with van der Waals surface area (Å²) >= 11 is 0. The molecule has 1 aromatic carbocycles. The summed E-state index contributed by atoms with van der Waals surface area (Å²) in [6, 6.07) is 10.5. The summed E-state index contributed by atoms with van der Waals surface area (Å²) in [5.74, 6) is 0. The Bertz CT molecular complexity index is 366. The second-order valence-corrected chi connectivity index (χ2v) is 4.96. The first kappa shape index (κ1) is 12.6. The largest absolute Gasteiger partial charge is 0.405 e. The molecule has 0 atom stereocenters. The Kier molecular flexibility index (Phi) is 4.36. The topological polar surface area (TPSA) is 26.0 Å². The van der Waals surface area contributed by atoms with E-state index < -0.39 is 0 Å². The summed E-state index contributed by atoms with van der Waals surface area (Å²) in [5, 5.41) is 0. The van der Waals surface area contributed by atoms with E-state index in [2.05, 4.69) is 51.1 Å². The third-order valence-corrected chi connectivity index (χ3v) is 2.54. The molecule has 0 unspecified atom stereocenters. The van der Waals surface area contributed by atoms with Crippen molar-refractivity contribution in [1.29, 1.82) is 0 Å². The quantitative estimate of drug-likeness (QED) is 0.765. The first-order chi connectivity index (χ1) is 7.54. The molecule has 0 fully saturated rings. The molecular weight excluding hydrogens is 194 g/mol. The van der Waals surface area contributed by atoms with E-state index in [1.165, 1.54) is 11.1 Å². The predicted molar refractivity (Wildman–Crippen MR) is 71.0 cm³/mol. The molecule has 86 valence electrons. The molecule has 0 radical (unpaired) electrons. The van der Waals surface area contributed by atoms with Crippen molar-refractivity contribution in [2.24, 2.45) is 11.1 Å². The van der Waals surface area contributed by atoms with Crippen LogP contribution < -0.4 is 5.73 Å². The zero-order chi connectivity index (χ0) is 12.0. The first-order valence-corrected chi connectivity index (χ1v) is 5.67. The molecule has 0 aliphatic heterocycles. The molecule has 0 amide bonds. The normalized spacial score (nSPS) is 13.3. The van der Waals surface area contributed by atoms with Gasteiger partial charge in [-0.25, -0.2) is 0 Å². The average Bonchev–Trinajstić information content (AvgIpc) is 2.24. The lowest BCUT2D eigenvalue weighted by Gasteiger charge is -2.20. The Morgan fingerprint density at radius 2 is 1.81 bits per heavy atom. The molecule has 0 heterocycles. The molecule has 0 bridgehead atoms. The zero-order valence-electron chi connectivity index (χ0n) is 10.4. The van der Waals surface area contributed by atoms with Crippen LogP contribution in [0.4, 0.5) is 0 Å². The van der Waals surface area contributed by atoms with Gasteiger partial charge in [0.1, 0.15) is 0 Å². The van der Waals surface area contributed by atoms with E-state index in [4.69, 9.17) is 5.73 Å². The lowest BCUT2D eigenvalue weighted by atomic mass is 9.85. The van der Waals surface area contributed by atoms with Gasteiger partial charge in [-0.3, -0.25) is 0 Å². The zero-order valence-corrected chi connectivity index (χ0v) is 10.4. The van der Waals surface area contributed by atoms with Crippen molar-refractivity contribution in [3.63, 3.8) is 0 Å². The summed E-state index contributed by atoms with van der Waals surface area (Å²) in [4.78, 5) is 0. The molecule has 0 spiro atoms. The minimum absolute atomic E-state index is 0.144. The molecule has 16 heavy (non-hydrogen) atoms. The highest BCUT2D eigenvalue weighted by molar-refractivity contribution is 5.27. The van der Waals surface area contributed by atoms with Gasteiger partial charge in [0.05, 0.1) is 0 Å². The van der Waals surface area contributed by atoms with Crippen LogP contribution in [0, 0.1) is 5.41 Å². The minimum atomic E-state index is 0.144.